The number of carbonyl (C=O) groups is 1. The second-order valence-corrected chi connectivity index (χ2v) is 4.34. The molecular weight excluding hydrogens is 226 g/mol. The highest BCUT2D eigenvalue weighted by Gasteiger charge is 2.21. The Morgan fingerprint density at radius 3 is 2.78 bits per heavy atom. The van der Waals surface area contributed by atoms with Crippen LogP contribution >= 0.6 is 0 Å². The van der Waals surface area contributed by atoms with Gasteiger partial charge in [0.15, 0.2) is 0 Å². The van der Waals surface area contributed by atoms with Gasteiger partial charge in [-0.3, -0.25) is 4.79 Å². The van der Waals surface area contributed by atoms with Gasteiger partial charge in [-0.1, -0.05) is 24.3 Å². The van der Waals surface area contributed by atoms with Crippen molar-refractivity contribution in [3.63, 3.8) is 0 Å². The molecule has 0 aliphatic carbocycles. The highest BCUT2D eigenvalue weighted by molar-refractivity contribution is 5.92. The maximum absolute atomic E-state index is 12.2. The third-order valence-corrected chi connectivity index (χ3v) is 3.22. The van der Waals surface area contributed by atoms with Gasteiger partial charge in [-0.05, 0) is 23.6 Å². The Labute approximate surface area is 105 Å². The van der Waals surface area contributed by atoms with Crippen LogP contribution in [0.4, 0.5) is 0 Å². The first-order valence-corrected chi connectivity index (χ1v) is 5.96. The number of benzene rings is 1. The fraction of sp³-hybridized carbons (Fsp3) is 0.214. The molecule has 1 amide bonds. The number of hydrogen-bond donors (Lipinski definition) is 0. The smallest absolute Gasteiger partial charge is 0.272 e. The molecule has 2 aromatic rings. The van der Waals surface area contributed by atoms with Gasteiger partial charge < -0.3 is 4.90 Å². The summed E-state index contributed by atoms with van der Waals surface area (Å²) >= 11 is 0. The summed E-state index contributed by atoms with van der Waals surface area (Å²) in [6.07, 6.45) is 3.91. The van der Waals surface area contributed by atoms with Crippen molar-refractivity contribution >= 4 is 5.91 Å². The molecule has 0 fully saturated rings. The molecule has 0 radical (unpaired) electrons. The minimum Gasteiger partial charge on any atom is -0.333 e. The number of aromatic nitrogens is 2. The second kappa shape index (κ2) is 4.56. The van der Waals surface area contributed by atoms with Crippen LogP contribution in [0, 0.1) is 0 Å². The lowest BCUT2D eigenvalue weighted by Gasteiger charge is -2.28. The summed E-state index contributed by atoms with van der Waals surface area (Å²) < 4.78 is 0. The fourth-order valence-corrected chi connectivity index (χ4v) is 2.25. The first-order chi connectivity index (χ1) is 8.84. The zero-order valence-corrected chi connectivity index (χ0v) is 9.91. The average Bonchev–Trinajstić information content (AvgIpc) is 2.47. The predicted molar refractivity (Wildman–Crippen MR) is 66.9 cm³/mol. The van der Waals surface area contributed by atoms with E-state index in [1.165, 1.54) is 17.5 Å². The number of nitrogens with zero attached hydrogens (tertiary/aromatic N) is 3. The lowest BCUT2D eigenvalue weighted by Crippen LogP contribution is -2.36. The number of rotatable bonds is 1. The zero-order valence-electron chi connectivity index (χ0n) is 9.91. The molecule has 1 aromatic carbocycles. The van der Waals surface area contributed by atoms with Crippen molar-refractivity contribution in [3.05, 3.63) is 59.7 Å². The van der Waals surface area contributed by atoms with Crippen molar-refractivity contribution in [2.45, 2.75) is 13.0 Å². The lowest BCUT2D eigenvalue weighted by molar-refractivity contribution is 0.0728. The van der Waals surface area contributed by atoms with Crippen LogP contribution in [-0.4, -0.2) is 27.3 Å². The molecule has 0 atom stereocenters. The van der Waals surface area contributed by atoms with E-state index in [9.17, 15) is 4.79 Å². The second-order valence-electron chi connectivity index (χ2n) is 4.34. The molecule has 1 aromatic heterocycles. The molecule has 0 spiro atoms. The molecule has 18 heavy (non-hydrogen) atoms. The van der Waals surface area contributed by atoms with E-state index < -0.39 is 0 Å². The summed E-state index contributed by atoms with van der Waals surface area (Å²) in [6.45, 7) is 1.42. The zero-order chi connectivity index (χ0) is 12.4. The van der Waals surface area contributed by atoms with E-state index in [0.717, 1.165) is 13.0 Å². The van der Waals surface area contributed by atoms with E-state index in [1.54, 1.807) is 12.3 Å². The Hall–Kier alpha value is -2.23. The normalized spacial score (nSPS) is 14.1. The van der Waals surface area contributed by atoms with Crippen LogP contribution in [0.1, 0.15) is 21.6 Å². The number of fused-ring (bicyclic) bond motifs is 1. The van der Waals surface area contributed by atoms with Gasteiger partial charge in [0.25, 0.3) is 5.91 Å². The van der Waals surface area contributed by atoms with Crippen LogP contribution in [0.3, 0.4) is 0 Å². The van der Waals surface area contributed by atoms with Gasteiger partial charge in [-0.2, -0.15) is 0 Å². The SMILES string of the molecule is O=C(c1ccncn1)N1CCc2ccccc2C1. The third kappa shape index (κ3) is 1.97. The summed E-state index contributed by atoms with van der Waals surface area (Å²) in [6, 6.07) is 9.91. The van der Waals surface area contributed by atoms with Gasteiger partial charge in [-0.25, -0.2) is 9.97 Å². The van der Waals surface area contributed by atoms with Crippen LogP contribution in [0.5, 0.6) is 0 Å². The quantitative estimate of drug-likeness (QED) is 0.760. The van der Waals surface area contributed by atoms with E-state index in [2.05, 4.69) is 22.1 Å². The molecule has 90 valence electrons. The molecule has 1 aliphatic heterocycles. The molecule has 3 rings (SSSR count). The molecular formula is C14H13N3O. The molecule has 0 N–H and O–H groups in total. The Morgan fingerprint density at radius 2 is 2.00 bits per heavy atom. The number of hydrogen-bond acceptors (Lipinski definition) is 3. The Bertz CT molecular complexity index is 568. The van der Waals surface area contributed by atoms with Gasteiger partial charge in [0.1, 0.15) is 12.0 Å². The average molecular weight is 239 g/mol. The summed E-state index contributed by atoms with van der Waals surface area (Å²) in [7, 11) is 0. The summed E-state index contributed by atoms with van der Waals surface area (Å²) in [4.78, 5) is 21.9. The van der Waals surface area contributed by atoms with Crippen LogP contribution in [0.25, 0.3) is 0 Å². The summed E-state index contributed by atoms with van der Waals surface area (Å²) in [5, 5.41) is 0. The molecule has 2 heterocycles. The molecule has 0 saturated heterocycles. The molecule has 0 saturated carbocycles. The van der Waals surface area contributed by atoms with Crippen molar-refractivity contribution in [2.75, 3.05) is 6.54 Å². The van der Waals surface area contributed by atoms with Crippen LogP contribution in [0.2, 0.25) is 0 Å². The highest BCUT2D eigenvalue weighted by atomic mass is 16.2. The van der Waals surface area contributed by atoms with Gasteiger partial charge in [-0.15, -0.1) is 0 Å². The van der Waals surface area contributed by atoms with E-state index in [0.29, 0.717) is 12.2 Å². The topological polar surface area (TPSA) is 46.1 Å². The van der Waals surface area contributed by atoms with Gasteiger partial charge in [0.05, 0.1) is 0 Å². The standard InChI is InChI=1S/C14H13N3O/c18-14(13-5-7-15-10-16-13)17-8-6-11-3-1-2-4-12(11)9-17/h1-5,7,10H,6,8-9H2. The molecule has 4 heteroatoms. The van der Waals surface area contributed by atoms with E-state index in [-0.39, 0.29) is 5.91 Å². The molecule has 1 aliphatic rings. The highest BCUT2D eigenvalue weighted by Crippen LogP contribution is 2.19. The monoisotopic (exact) mass is 239 g/mol. The predicted octanol–water partition coefficient (Wildman–Crippen LogP) is 1.68. The van der Waals surface area contributed by atoms with E-state index in [4.69, 9.17) is 0 Å². The number of amides is 1. The van der Waals surface area contributed by atoms with Crippen molar-refractivity contribution in [2.24, 2.45) is 0 Å². The Balaban J connectivity index is 1.82. The first kappa shape index (κ1) is 10.9. The fourth-order valence-electron chi connectivity index (χ4n) is 2.25. The van der Waals surface area contributed by atoms with E-state index in [1.807, 2.05) is 17.0 Å². The first-order valence-electron chi connectivity index (χ1n) is 5.96. The largest absolute Gasteiger partial charge is 0.333 e. The minimum absolute atomic E-state index is 0.0214. The van der Waals surface area contributed by atoms with E-state index >= 15 is 0 Å². The van der Waals surface area contributed by atoms with Crippen molar-refractivity contribution in [1.29, 1.82) is 0 Å². The maximum atomic E-state index is 12.2. The van der Waals surface area contributed by atoms with Crippen molar-refractivity contribution in [3.8, 4) is 0 Å². The van der Waals surface area contributed by atoms with Gasteiger partial charge in [0, 0.05) is 19.3 Å². The molecule has 0 bridgehead atoms. The Kier molecular flexibility index (Phi) is 2.76. The maximum Gasteiger partial charge on any atom is 0.272 e. The molecule has 0 unspecified atom stereocenters. The number of carbonyl (C=O) groups excluding carboxylic acids is 1. The summed E-state index contributed by atoms with van der Waals surface area (Å²) in [5.41, 5.74) is 3.03. The molecule has 4 nitrogen and oxygen atoms in total. The van der Waals surface area contributed by atoms with Crippen LogP contribution in [0.15, 0.2) is 42.9 Å². The Morgan fingerprint density at radius 1 is 1.17 bits per heavy atom. The van der Waals surface area contributed by atoms with Crippen LogP contribution in [-0.2, 0) is 13.0 Å². The van der Waals surface area contributed by atoms with Gasteiger partial charge in [0.2, 0.25) is 0 Å². The van der Waals surface area contributed by atoms with Crippen LogP contribution < -0.4 is 0 Å². The lowest BCUT2D eigenvalue weighted by atomic mass is 10.00. The summed E-state index contributed by atoms with van der Waals surface area (Å²) in [5.74, 6) is -0.0214. The van der Waals surface area contributed by atoms with Crippen molar-refractivity contribution < 1.29 is 4.79 Å². The minimum atomic E-state index is -0.0214. The van der Waals surface area contributed by atoms with Gasteiger partial charge >= 0.3 is 0 Å². The third-order valence-electron chi connectivity index (χ3n) is 3.22. The van der Waals surface area contributed by atoms with Crippen molar-refractivity contribution in [1.82, 2.24) is 14.9 Å².